The number of aliphatic hydroxyl groups is 2. The van der Waals surface area contributed by atoms with Crippen molar-refractivity contribution >= 4 is 29.2 Å². The third-order valence-electron chi connectivity index (χ3n) is 5.76. The lowest BCUT2D eigenvalue weighted by Gasteiger charge is -2.34. The fourth-order valence-electron chi connectivity index (χ4n) is 3.81. The van der Waals surface area contributed by atoms with Gasteiger partial charge in [0.25, 0.3) is 0 Å². The Balaban J connectivity index is 1.46. The van der Waals surface area contributed by atoms with Crippen LogP contribution in [0.15, 0.2) is 59.7 Å². The Hall–Kier alpha value is -2.93. The summed E-state index contributed by atoms with van der Waals surface area (Å²) in [7, 11) is 2.17. The molecule has 6 heteroatoms. The van der Waals surface area contributed by atoms with Crippen molar-refractivity contribution in [3.05, 3.63) is 71.4 Å². The molecule has 1 saturated heterocycles. The lowest BCUT2D eigenvalue weighted by molar-refractivity contribution is 0.131. The first kappa shape index (κ1) is 21.3. The van der Waals surface area contributed by atoms with Crippen LogP contribution in [0.2, 0.25) is 0 Å². The van der Waals surface area contributed by atoms with Crippen LogP contribution in [0.1, 0.15) is 16.7 Å². The first-order valence-electron chi connectivity index (χ1n) is 10.7. The second-order valence-electron chi connectivity index (χ2n) is 8.08. The zero-order valence-corrected chi connectivity index (χ0v) is 17.9. The molecule has 2 aromatic carbocycles. The Morgan fingerprint density at radius 2 is 1.87 bits per heavy atom. The number of benzene rings is 2. The van der Waals surface area contributed by atoms with Crippen LogP contribution < -0.4 is 10.2 Å². The van der Waals surface area contributed by atoms with Gasteiger partial charge in [-0.2, -0.15) is 0 Å². The van der Waals surface area contributed by atoms with E-state index in [0.29, 0.717) is 6.54 Å². The summed E-state index contributed by atoms with van der Waals surface area (Å²) in [5.41, 5.74) is 6.59. The molecule has 2 aromatic rings. The molecular formula is C25H30N4O2. The molecule has 0 saturated carbocycles. The Morgan fingerprint density at radius 1 is 1.10 bits per heavy atom. The molecule has 0 aliphatic carbocycles. The van der Waals surface area contributed by atoms with Crippen molar-refractivity contribution in [3.8, 4) is 0 Å². The van der Waals surface area contributed by atoms with Gasteiger partial charge in [0.1, 0.15) is 0 Å². The Kier molecular flexibility index (Phi) is 6.82. The molecule has 6 nitrogen and oxygen atoms in total. The standard InChI is InChI=1S/C25H30N4O2/c1-28-10-12-29(13-11-28)23-7-5-22(6-8-23)27-17-21-16-26-15-20-4-2-19(14-25(20)21)3-9-24(31)18-30/h2-9,14-15,17,24,27,30-31H,10-13,16,18H2,1H3. The predicted octanol–water partition coefficient (Wildman–Crippen LogP) is 2.69. The fraction of sp³-hybridized carbons (Fsp3) is 0.320. The third-order valence-corrected chi connectivity index (χ3v) is 5.76. The quantitative estimate of drug-likeness (QED) is 0.673. The number of nitrogens with one attached hydrogen (secondary N) is 1. The van der Waals surface area contributed by atoms with Gasteiger partial charge in [0.05, 0.1) is 19.3 Å². The maximum atomic E-state index is 9.55. The number of nitrogens with zero attached hydrogens (tertiary/aromatic N) is 3. The van der Waals surface area contributed by atoms with Crippen molar-refractivity contribution in [2.75, 3.05) is 56.6 Å². The minimum atomic E-state index is -0.844. The molecule has 1 unspecified atom stereocenters. The number of aliphatic hydroxyl groups excluding tert-OH is 2. The minimum absolute atomic E-state index is 0.281. The Bertz CT molecular complexity index is 974. The van der Waals surface area contributed by atoms with Gasteiger partial charge in [-0.1, -0.05) is 24.3 Å². The minimum Gasteiger partial charge on any atom is -0.393 e. The molecule has 0 aromatic heterocycles. The van der Waals surface area contributed by atoms with Crippen LogP contribution in [0, 0.1) is 0 Å². The van der Waals surface area contributed by atoms with Crippen molar-refractivity contribution < 1.29 is 10.2 Å². The number of rotatable bonds is 6. The molecule has 0 amide bonds. The predicted molar refractivity (Wildman–Crippen MR) is 129 cm³/mol. The third kappa shape index (κ3) is 5.41. The second-order valence-corrected chi connectivity index (χ2v) is 8.08. The van der Waals surface area contributed by atoms with Gasteiger partial charge >= 0.3 is 0 Å². The van der Waals surface area contributed by atoms with Gasteiger partial charge in [0, 0.05) is 50.0 Å². The van der Waals surface area contributed by atoms with Crippen LogP contribution in [-0.2, 0) is 0 Å². The Morgan fingerprint density at radius 3 is 2.61 bits per heavy atom. The summed E-state index contributed by atoms with van der Waals surface area (Å²) in [5.74, 6) is 0. The molecule has 2 aliphatic heterocycles. The van der Waals surface area contributed by atoms with Crippen LogP contribution >= 0.6 is 0 Å². The molecule has 0 radical (unpaired) electrons. The van der Waals surface area contributed by atoms with E-state index in [0.717, 1.165) is 54.1 Å². The fourth-order valence-corrected chi connectivity index (χ4v) is 3.81. The molecule has 2 heterocycles. The molecule has 0 bridgehead atoms. The normalized spacial score (nSPS) is 19.1. The Labute approximate surface area is 183 Å². The number of hydrogen-bond donors (Lipinski definition) is 3. The van der Waals surface area contributed by atoms with Gasteiger partial charge in [-0.3, -0.25) is 4.99 Å². The van der Waals surface area contributed by atoms with Gasteiger partial charge < -0.3 is 25.3 Å². The smallest absolute Gasteiger partial charge is 0.0954 e. The van der Waals surface area contributed by atoms with Crippen molar-refractivity contribution in [2.24, 2.45) is 4.99 Å². The molecule has 1 atom stereocenters. The van der Waals surface area contributed by atoms with Crippen molar-refractivity contribution in [2.45, 2.75) is 6.10 Å². The van der Waals surface area contributed by atoms with Gasteiger partial charge in [0.2, 0.25) is 0 Å². The molecular weight excluding hydrogens is 388 g/mol. The summed E-state index contributed by atoms with van der Waals surface area (Å²) in [5, 5.41) is 22.0. The van der Waals surface area contributed by atoms with Crippen molar-refractivity contribution in [3.63, 3.8) is 0 Å². The second kappa shape index (κ2) is 9.92. The van der Waals surface area contributed by atoms with Crippen molar-refractivity contribution in [1.29, 1.82) is 0 Å². The molecule has 31 heavy (non-hydrogen) atoms. The highest BCUT2D eigenvalue weighted by molar-refractivity contribution is 5.93. The average Bonchev–Trinajstić information content (AvgIpc) is 2.82. The monoisotopic (exact) mass is 418 g/mol. The zero-order valence-electron chi connectivity index (χ0n) is 17.9. The highest BCUT2D eigenvalue weighted by atomic mass is 16.3. The SMILES string of the molecule is CN1CCN(c2ccc(NC=C3CN=Cc4ccc(C=CC(O)CO)cc43)cc2)CC1. The first-order valence-corrected chi connectivity index (χ1v) is 10.7. The van der Waals surface area contributed by atoms with Gasteiger partial charge in [-0.15, -0.1) is 0 Å². The first-order chi connectivity index (χ1) is 15.1. The van der Waals surface area contributed by atoms with E-state index in [1.54, 1.807) is 6.08 Å². The largest absolute Gasteiger partial charge is 0.393 e. The van der Waals surface area contributed by atoms with E-state index in [2.05, 4.69) is 57.5 Å². The molecule has 3 N–H and O–H groups in total. The van der Waals surface area contributed by atoms with E-state index in [4.69, 9.17) is 5.11 Å². The summed E-state index contributed by atoms with van der Waals surface area (Å²) in [6.07, 6.45) is 6.50. The summed E-state index contributed by atoms with van der Waals surface area (Å²) in [4.78, 5) is 9.26. The maximum Gasteiger partial charge on any atom is 0.0954 e. The average molecular weight is 419 g/mol. The van der Waals surface area contributed by atoms with Crippen LogP contribution in [0.4, 0.5) is 11.4 Å². The molecule has 2 aliphatic rings. The lowest BCUT2D eigenvalue weighted by Crippen LogP contribution is -2.44. The number of likely N-dealkylation sites (N-methyl/N-ethyl adjacent to an activating group) is 1. The van der Waals surface area contributed by atoms with Crippen LogP contribution in [0.3, 0.4) is 0 Å². The molecule has 4 rings (SSSR count). The number of anilines is 2. The number of hydrogen-bond acceptors (Lipinski definition) is 6. The lowest BCUT2D eigenvalue weighted by atomic mass is 9.96. The van der Waals surface area contributed by atoms with Crippen LogP contribution in [-0.4, -0.2) is 73.8 Å². The van der Waals surface area contributed by atoms with Crippen LogP contribution in [0.25, 0.3) is 11.6 Å². The zero-order chi connectivity index (χ0) is 21.6. The van der Waals surface area contributed by atoms with Gasteiger partial charge in [-0.05, 0) is 59.6 Å². The van der Waals surface area contributed by atoms with E-state index in [-0.39, 0.29) is 6.61 Å². The molecule has 162 valence electrons. The van der Waals surface area contributed by atoms with E-state index in [1.165, 1.54) is 5.69 Å². The summed E-state index contributed by atoms with van der Waals surface area (Å²) in [6, 6.07) is 14.7. The van der Waals surface area contributed by atoms with Gasteiger partial charge in [0.15, 0.2) is 0 Å². The summed E-state index contributed by atoms with van der Waals surface area (Å²) < 4.78 is 0. The number of fused-ring (bicyclic) bond motifs is 1. The highest BCUT2D eigenvalue weighted by Gasteiger charge is 2.14. The molecule has 1 fully saturated rings. The van der Waals surface area contributed by atoms with E-state index in [9.17, 15) is 5.11 Å². The summed E-state index contributed by atoms with van der Waals surface area (Å²) in [6.45, 7) is 4.66. The highest BCUT2D eigenvalue weighted by Crippen LogP contribution is 2.25. The van der Waals surface area contributed by atoms with E-state index >= 15 is 0 Å². The van der Waals surface area contributed by atoms with E-state index < -0.39 is 6.10 Å². The summed E-state index contributed by atoms with van der Waals surface area (Å²) >= 11 is 0. The van der Waals surface area contributed by atoms with E-state index in [1.807, 2.05) is 30.6 Å². The maximum absolute atomic E-state index is 9.55. The van der Waals surface area contributed by atoms with Crippen molar-refractivity contribution in [1.82, 2.24) is 4.90 Å². The van der Waals surface area contributed by atoms with Gasteiger partial charge in [-0.25, -0.2) is 0 Å². The molecule has 0 spiro atoms. The number of aliphatic imine (C=N–C) groups is 1. The topological polar surface area (TPSA) is 71.3 Å². The van der Waals surface area contributed by atoms with Crippen LogP contribution in [0.5, 0.6) is 0 Å². The number of piperazine rings is 1.